The predicted molar refractivity (Wildman–Crippen MR) is 129 cm³/mol. The molecule has 1 aromatic heterocycles. The van der Waals surface area contributed by atoms with E-state index in [0.717, 1.165) is 11.1 Å². The molecule has 0 saturated heterocycles. The molecule has 0 fully saturated rings. The fraction of sp³-hybridized carbons (Fsp3) is 0.143. The number of hydrogen-bond donors (Lipinski definition) is 1. The largest absolute Gasteiger partial charge is 0.459 e. The molecule has 0 saturated carbocycles. The Balaban J connectivity index is 1.48. The highest BCUT2D eigenvalue weighted by molar-refractivity contribution is 6.04. The Morgan fingerprint density at radius 3 is 2.35 bits per heavy atom. The zero-order chi connectivity index (χ0) is 23.9. The molecule has 34 heavy (non-hydrogen) atoms. The quantitative estimate of drug-likeness (QED) is 0.371. The molecule has 4 rings (SSSR count). The highest BCUT2D eigenvalue weighted by Crippen LogP contribution is 2.22. The Morgan fingerprint density at radius 2 is 1.68 bits per heavy atom. The molecule has 3 aromatic carbocycles. The first-order valence-electron chi connectivity index (χ1n) is 11.0. The summed E-state index contributed by atoms with van der Waals surface area (Å²) < 4.78 is 19.0. The summed E-state index contributed by atoms with van der Waals surface area (Å²) in [5, 5.41) is 3.01. The number of furan rings is 1. The maximum absolute atomic E-state index is 13.7. The number of carbonyl (C=O) groups excluding carboxylic acids is 2. The predicted octanol–water partition coefficient (Wildman–Crippen LogP) is 5.69. The Kier molecular flexibility index (Phi) is 7.18. The second kappa shape index (κ2) is 10.6. The smallest absolute Gasteiger partial charge is 0.294 e. The molecule has 0 aliphatic carbocycles. The van der Waals surface area contributed by atoms with E-state index >= 15 is 0 Å². The second-order valence-corrected chi connectivity index (χ2v) is 8.04. The highest BCUT2D eigenvalue weighted by atomic mass is 19.1. The van der Waals surface area contributed by atoms with E-state index in [-0.39, 0.29) is 42.4 Å². The summed E-state index contributed by atoms with van der Waals surface area (Å²) >= 11 is 0. The van der Waals surface area contributed by atoms with Gasteiger partial charge in [0, 0.05) is 5.69 Å². The molecule has 1 unspecified atom stereocenters. The summed E-state index contributed by atoms with van der Waals surface area (Å²) in [6.07, 6.45) is 1.65. The number of rotatable bonds is 8. The normalized spacial score (nSPS) is 11.6. The summed E-state index contributed by atoms with van der Waals surface area (Å²) in [7, 11) is 0. The van der Waals surface area contributed by atoms with Gasteiger partial charge in [-0.1, -0.05) is 54.6 Å². The molecule has 0 spiro atoms. The Morgan fingerprint density at radius 1 is 0.912 bits per heavy atom. The van der Waals surface area contributed by atoms with Crippen molar-refractivity contribution in [1.82, 2.24) is 5.32 Å². The number of amides is 2. The molecule has 172 valence electrons. The van der Waals surface area contributed by atoms with Crippen molar-refractivity contribution in [2.24, 2.45) is 0 Å². The maximum Gasteiger partial charge on any atom is 0.294 e. The summed E-state index contributed by atoms with van der Waals surface area (Å²) in [5.41, 5.74) is 3.12. The van der Waals surface area contributed by atoms with Gasteiger partial charge in [-0.2, -0.15) is 0 Å². The lowest BCUT2D eigenvalue weighted by atomic mass is 10.1. The van der Waals surface area contributed by atoms with Crippen LogP contribution in [0.15, 0.2) is 102 Å². The van der Waals surface area contributed by atoms with E-state index in [9.17, 15) is 14.0 Å². The van der Waals surface area contributed by atoms with Crippen LogP contribution in [0.1, 0.15) is 40.2 Å². The zero-order valence-corrected chi connectivity index (χ0v) is 18.8. The van der Waals surface area contributed by atoms with Crippen molar-refractivity contribution in [1.29, 1.82) is 0 Å². The van der Waals surface area contributed by atoms with Crippen LogP contribution in [0.2, 0.25) is 0 Å². The van der Waals surface area contributed by atoms with Crippen LogP contribution in [-0.2, 0) is 17.8 Å². The van der Waals surface area contributed by atoms with Crippen LogP contribution in [0.5, 0.6) is 0 Å². The number of carbonyl (C=O) groups is 2. The van der Waals surface area contributed by atoms with E-state index in [1.807, 2.05) is 49.4 Å². The van der Waals surface area contributed by atoms with Crippen LogP contribution < -0.4 is 10.2 Å². The van der Waals surface area contributed by atoms with E-state index in [2.05, 4.69) is 5.32 Å². The van der Waals surface area contributed by atoms with E-state index in [1.54, 1.807) is 36.4 Å². The lowest BCUT2D eigenvalue weighted by molar-refractivity contribution is -0.121. The van der Waals surface area contributed by atoms with Crippen LogP contribution in [0.4, 0.5) is 10.1 Å². The Labute approximate surface area is 197 Å². The SMILES string of the molecule is CC(NC(=O)Cc1ccc(N(Cc2cccc(F)c2)C(=O)c2ccco2)cc1)c1ccccc1. The Bertz CT molecular complexity index is 1240. The number of halogens is 1. The van der Waals surface area contributed by atoms with E-state index < -0.39 is 0 Å². The average Bonchev–Trinajstić information content (AvgIpc) is 3.38. The van der Waals surface area contributed by atoms with Crippen molar-refractivity contribution in [2.45, 2.75) is 25.9 Å². The topological polar surface area (TPSA) is 62.6 Å². The fourth-order valence-electron chi connectivity index (χ4n) is 3.73. The van der Waals surface area contributed by atoms with Crippen molar-refractivity contribution < 1.29 is 18.4 Å². The second-order valence-electron chi connectivity index (χ2n) is 8.04. The summed E-state index contributed by atoms with van der Waals surface area (Å²) in [6, 6.07) is 26.2. The molecular weight excluding hydrogens is 431 g/mol. The molecule has 0 radical (unpaired) electrons. The molecular formula is C28H25FN2O3. The summed E-state index contributed by atoms with van der Waals surface area (Å²) in [5.74, 6) is -0.604. The summed E-state index contributed by atoms with van der Waals surface area (Å²) in [4.78, 5) is 27.1. The first kappa shape index (κ1) is 23.0. The highest BCUT2D eigenvalue weighted by Gasteiger charge is 2.21. The zero-order valence-electron chi connectivity index (χ0n) is 18.8. The lowest BCUT2D eigenvalue weighted by Gasteiger charge is -2.22. The van der Waals surface area contributed by atoms with Gasteiger partial charge in [-0.05, 0) is 60.0 Å². The van der Waals surface area contributed by atoms with Crippen molar-refractivity contribution in [2.75, 3.05) is 4.90 Å². The minimum atomic E-state index is -0.367. The van der Waals surface area contributed by atoms with Crippen LogP contribution in [0.3, 0.4) is 0 Å². The molecule has 1 heterocycles. The molecule has 1 N–H and O–H groups in total. The van der Waals surface area contributed by atoms with Gasteiger partial charge in [0.05, 0.1) is 25.3 Å². The van der Waals surface area contributed by atoms with Crippen LogP contribution in [0.25, 0.3) is 0 Å². The molecule has 5 nitrogen and oxygen atoms in total. The van der Waals surface area contributed by atoms with Gasteiger partial charge in [0.1, 0.15) is 5.82 Å². The lowest BCUT2D eigenvalue weighted by Crippen LogP contribution is -2.30. The van der Waals surface area contributed by atoms with Crippen molar-refractivity contribution >= 4 is 17.5 Å². The van der Waals surface area contributed by atoms with Gasteiger partial charge in [0.15, 0.2) is 5.76 Å². The third-order valence-electron chi connectivity index (χ3n) is 5.50. The van der Waals surface area contributed by atoms with Gasteiger partial charge < -0.3 is 14.6 Å². The van der Waals surface area contributed by atoms with Gasteiger partial charge in [0.25, 0.3) is 5.91 Å². The number of anilines is 1. The number of nitrogens with one attached hydrogen (secondary N) is 1. The van der Waals surface area contributed by atoms with Gasteiger partial charge >= 0.3 is 0 Å². The molecule has 0 bridgehead atoms. The molecule has 1 atom stereocenters. The molecule has 4 aromatic rings. The number of benzene rings is 3. The Hall–Kier alpha value is -4.19. The van der Waals surface area contributed by atoms with Crippen molar-refractivity contribution in [3.63, 3.8) is 0 Å². The molecule has 6 heteroatoms. The van der Waals surface area contributed by atoms with Crippen LogP contribution in [-0.4, -0.2) is 11.8 Å². The minimum absolute atomic E-state index is 0.0904. The molecule has 0 aliphatic rings. The van der Waals surface area contributed by atoms with E-state index in [1.165, 1.54) is 23.3 Å². The molecule has 2 amide bonds. The number of nitrogens with zero attached hydrogens (tertiary/aromatic N) is 1. The monoisotopic (exact) mass is 456 g/mol. The van der Waals surface area contributed by atoms with Crippen LogP contribution in [0, 0.1) is 5.82 Å². The van der Waals surface area contributed by atoms with Crippen LogP contribution >= 0.6 is 0 Å². The molecule has 0 aliphatic heterocycles. The van der Waals surface area contributed by atoms with E-state index in [4.69, 9.17) is 4.42 Å². The van der Waals surface area contributed by atoms with E-state index in [0.29, 0.717) is 11.3 Å². The first-order valence-corrected chi connectivity index (χ1v) is 11.0. The van der Waals surface area contributed by atoms with Crippen molar-refractivity contribution in [3.8, 4) is 0 Å². The average molecular weight is 457 g/mol. The summed E-state index contributed by atoms with van der Waals surface area (Å²) in [6.45, 7) is 2.12. The minimum Gasteiger partial charge on any atom is -0.459 e. The van der Waals surface area contributed by atoms with Gasteiger partial charge in [-0.15, -0.1) is 0 Å². The maximum atomic E-state index is 13.7. The standard InChI is InChI=1S/C28H25FN2O3/c1-20(23-8-3-2-4-9-23)30-27(32)18-21-12-14-25(15-13-21)31(28(33)26-11-6-16-34-26)19-22-7-5-10-24(29)17-22/h2-17,20H,18-19H2,1H3,(H,30,32). The van der Waals surface area contributed by atoms with Crippen molar-refractivity contribution in [3.05, 3.63) is 126 Å². The first-order chi connectivity index (χ1) is 16.5. The third-order valence-corrected chi connectivity index (χ3v) is 5.50. The van der Waals surface area contributed by atoms with Gasteiger partial charge in [-0.25, -0.2) is 4.39 Å². The third kappa shape index (κ3) is 5.78. The fourth-order valence-corrected chi connectivity index (χ4v) is 3.73. The van der Waals surface area contributed by atoms with Gasteiger partial charge in [-0.3, -0.25) is 9.59 Å². The van der Waals surface area contributed by atoms with Gasteiger partial charge in [0.2, 0.25) is 5.91 Å². The number of hydrogen-bond acceptors (Lipinski definition) is 3.